The Balaban J connectivity index is 1.81. The number of carbonyl (C=O) groups is 1. The smallest absolute Gasteiger partial charge is 0.234 e. The van der Waals surface area contributed by atoms with E-state index in [9.17, 15) is 13.2 Å². The SMILES string of the molecule is CNC1(C)CCN(CC(=O)NC2(C)CCS(=O)(=O)C2)CC1. The lowest BCUT2D eigenvalue weighted by Crippen LogP contribution is -2.54. The molecule has 1 amide bonds. The standard InChI is InChI=1S/C14H27N3O3S/c1-13(15-3)4-7-17(8-5-13)10-12(18)16-14(2)6-9-21(19,20)11-14/h15H,4-11H2,1-3H3,(H,16,18). The summed E-state index contributed by atoms with van der Waals surface area (Å²) >= 11 is 0. The maximum absolute atomic E-state index is 12.2. The van der Waals surface area contributed by atoms with E-state index in [2.05, 4.69) is 22.5 Å². The van der Waals surface area contributed by atoms with Gasteiger partial charge in [0.15, 0.2) is 9.84 Å². The molecule has 1 unspecified atom stereocenters. The van der Waals surface area contributed by atoms with E-state index < -0.39 is 15.4 Å². The summed E-state index contributed by atoms with van der Waals surface area (Å²) in [4.78, 5) is 14.3. The van der Waals surface area contributed by atoms with Gasteiger partial charge in [-0.25, -0.2) is 8.42 Å². The van der Waals surface area contributed by atoms with Crippen LogP contribution >= 0.6 is 0 Å². The largest absolute Gasteiger partial charge is 0.349 e. The summed E-state index contributed by atoms with van der Waals surface area (Å²) in [6, 6.07) is 0. The third-order valence-corrected chi connectivity index (χ3v) is 6.78. The number of piperidine rings is 1. The fraction of sp³-hybridized carbons (Fsp3) is 0.929. The molecule has 0 spiro atoms. The molecule has 0 radical (unpaired) electrons. The van der Waals surface area contributed by atoms with Crippen LogP contribution in [0.15, 0.2) is 0 Å². The lowest BCUT2D eigenvalue weighted by molar-refractivity contribution is -0.124. The summed E-state index contributed by atoms with van der Waals surface area (Å²) in [5, 5.41) is 6.25. The number of nitrogens with zero attached hydrogens (tertiary/aromatic N) is 1. The van der Waals surface area contributed by atoms with Crippen molar-refractivity contribution in [3.05, 3.63) is 0 Å². The Bertz CT molecular complexity index is 498. The summed E-state index contributed by atoms with van der Waals surface area (Å²) in [5.41, 5.74) is -0.427. The van der Waals surface area contributed by atoms with Crippen molar-refractivity contribution < 1.29 is 13.2 Å². The number of hydrogen-bond donors (Lipinski definition) is 2. The van der Waals surface area contributed by atoms with Crippen molar-refractivity contribution >= 4 is 15.7 Å². The predicted molar refractivity (Wildman–Crippen MR) is 83.0 cm³/mol. The van der Waals surface area contributed by atoms with E-state index in [0.29, 0.717) is 13.0 Å². The molecule has 7 heteroatoms. The average molecular weight is 317 g/mol. The van der Waals surface area contributed by atoms with Crippen molar-refractivity contribution in [1.82, 2.24) is 15.5 Å². The summed E-state index contributed by atoms with van der Waals surface area (Å²) in [7, 11) is -1.01. The Morgan fingerprint density at radius 1 is 1.14 bits per heavy atom. The molecule has 0 aromatic heterocycles. The number of sulfone groups is 1. The van der Waals surface area contributed by atoms with E-state index in [1.807, 2.05) is 14.0 Å². The molecule has 0 aliphatic carbocycles. The van der Waals surface area contributed by atoms with Crippen LogP contribution in [-0.4, -0.2) is 68.5 Å². The van der Waals surface area contributed by atoms with Gasteiger partial charge in [-0.05, 0) is 40.2 Å². The van der Waals surface area contributed by atoms with Crippen LogP contribution < -0.4 is 10.6 Å². The van der Waals surface area contributed by atoms with E-state index in [0.717, 1.165) is 25.9 Å². The normalized spacial score (nSPS) is 32.0. The minimum atomic E-state index is -2.99. The first-order valence-electron chi connectivity index (χ1n) is 7.58. The van der Waals surface area contributed by atoms with Crippen LogP contribution in [0.5, 0.6) is 0 Å². The Morgan fingerprint density at radius 3 is 2.24 bits per heavy atom. The Hall–Kier alpha value is -0.660. The molecule has 2 aliphatic rings. The molecule has 2 fully saturated rings. The molecular weight excluding hydrogens is 290 g/mol. The number of hydrogen-bond acceptors (Lipinski definition) is 5. The lowest BCUT2D eigenvalue weighted by Gasteiger charge is -2.39. The zero-order valence-electron chi connectivity index (χ0n) is 13.2. The van der Waals surface area contributed by atoms with Crippen molar-refractivity contribution in [3.8, 4) is 0 Å². The molecule has 0 aromatic rings. The highest BCUT2D eigenvalue weighted by atomic mass is 32.2. The van der Waals surface area contributed by atoms with Crippen molar-refractivity contribution in [2.75, 3.05) is 38.2 Å². The first-order valence-corrected chi connectivity index (χ1v) is 9.40. The predicted octanol–water partition coefficient (Wildman–Crippen LogP) is -0.246. The van der Waals surface area contributed by atoms with E-state index in [4.69, 9.17) is 0 Å². The molecule has 2 aliphatic heterocycles. The van der Waals surface area contributed by atoms with Gasteiger partial charge >= 0.3 is 0 Å². The third-order valence-electron chi connectivity index (χ3n) is 4.87. The highest BCUT2D eigenvalue weighted by Gasteiger charge is 2.39. The van der Waals surface area contributed by atoms with Gasteiger partial charge in [0.05, 0.1) is 23.6 Å². The first kappa shape index (κ1) is 16.7. The first-order chi connectivity index (χ1) is 9.65. The molecule has 2 N–H and O–H groups in total. The summed E-state index contributed by atoms with van der Waals surface area (Å²) in [6.07, 6.45) is 2.55. The van der Waals surface area contributed by atoms with Crippen molar-refractivity contribution in [3.63, 3.8) is 0 Å². The third kappa shape index (κ3) is 4.40. The highest BCUT2D eigenvalue weighted by Crippen LogP contribution is 2.23. The molecule has 0 aromatic carbocycles. The van der Waals surface area contributed by atoms with Crippen LogP contribution in [-0.2, 0) is 14.6 Å². The average Bonchev–Trinajstić information content (AvgIpc) is 2.66. The van der Waals surface area contributed by atoms with E-state index >= 15 is 0 Å². The van der Waals surface area contributed by atoms with Gasteiger partial charge in [0.25, 0.3) is 0 Å². The van der Waals surface area contributed by atoms with E-state index in [-0.39, 0.29) is 23.0 Å². The van der Waals surface area contributed by atoms with Crippen LogP contribution in [0.1, 0.15) is 33.1 Å². The highest BCUT2D eigenvalue weighted by molar-refractivity contribution is 7.91. The van der Waals surface area contributed by atoms with Crippen molar-refractivity contribution in [2.45, 2.75) is 44.2 Å². The van der Waals surface area contributed by atoms with Gasteiger partial charge in [-0.1, -0.05) is 0 Å². The molecule has 2 saturated heterocycles. The topological polar surface area (TPSA) is 78.5 Å². The summed E-state index contributed by atoms with van der Waals surface area (Å²) < 4.78 is 23.1. The van der Waals surface area contributed by atoms with Gasteiger partial charge in [-0.2, -0.15) is 0 Å². The number of likely N-dealkylation sites (tertiary alicyclic amines) is 1. The molecule has 0 bridgehead atoms. The monoisotopic (exact) mass is 317 g/mol. The second-order valence-corrected chi connectivity index (χ2v) is 9.22. The number of rotatable bonds is 4. The number of amides is 1. The van der Waals surface area contributed by atoms with Gasteiger partial charge in [0.1, 0.15) is 0 Å². The number of carbonyl (C=O) groups excluding carboxylic acids is 1. The van der Waals surface area contributed by atoms with Gasteiger partial charge in [0, 0.05) is 18.6 Å². The fourth-order valence-electron chi connectivity index (χ4n) is 3.14. The van der Waals surface area contributed by atoms with Gasteiger partial charge in [-0.15, -0.1) is 0 Å². The maximum atomic E-state index is 12.2. The van der Waals surface area contributed by atoms with Crippen LogP contribution in [0.4, 0.5) is 0 Å². The second-order valence-electron chi connectivity index (χ2n) is 7.04. The minimum absolute atomic E-state index is 0.0591. The Labute approximate surface area is 127 Å². The van der Waals surface area contributed by atoms with Gasteiger partial charge in [-0.3, -0.25) is 9.69 Å². The molecule has 2 heterocycles. The zero-order chi connectivity index (χ0) is 15.7. The van der Waals surface area contributed by atoms with Crippen LogP contribution in [0.25, 0.3) is 0 Å². The molecular formula is C14H27N3O3S. The molecule has 122 valence electrons. The summed E-state index contributed by atoms with van der Waals surface area (Å²) in [5.74, 6) is 0.167. The fourth-order valence-corrected chi connectivity index (χ4v) is 5.24. The Kier molecular flexibility index (Phi) is 4.66. The zero-order valence-corrected chi connectivity index (χ0v) is 14.1. The molecule has 21 heavy (non-hydrogen) atoms. The lowest BCUT2D eigenvalue weighted by atomic mass is 9.90. The molecule has 6 nitrogen and oxygen atoms in total. The van der Waals surface area contributed by atoms with Crippen molar-refractivity contribution in [1.29, 1.82) is 0 Å². The number of nitrogens with one attached hydrogen (secondary N) is 2. The van der Waals surface area contributed by atoms with Crippen molar-refractivity contribution in [2.24, 2.45) is 0 Å². The second kappa shape index (κ2) is 5.85. The van der Waals surface area contributed by atoms with Crippen LogP contribution in [0, 0.1) is 0 Å². The van der Waals surface area contributed by atoms with Gasteiger partial charge < -0.3 is 10.6 Å². The summed E-state index contributed by atoms with van der Waals surface area (Å²) in [6.45, 7) is 6.16. The minimum Gasteiger partial charge on any atom is -0.349 e. The van der Waals surface area contributed by atoms with Crippen LogP contribution in [0.3, 0.4) is 0 Å². The van der Waals surface area contributed by atoms with Gasteiger partial charge in [0.2, 0.25) is 5.91 Å². The molecule has 0 saturated carbocycles. The molecule has 2 rings (SSSR count). The maximum Gasteiger partial charge on any atom is 0.234 e. The quantitative estimate of drug-likeness (QED) is 0.748. The Morgan fingerprint density at radius 2 is 1.76 bits per heavy atom. The van der Waals surface area contributed by atoms with E-state index in [1.54, 1.807) is 0 Å². The van der Waals surface area contributed by atoms with E-state index in [1.165, 1.54) is 0 Å². The molecule has 1 atom stereocenters. The van der Waals surface area contributed by atoms with Crippen LogP contribution in [0.2, 0.25) is 0 Å².